The summed E-state index contributed by atoms with van der Waals surface area (Å²) < 4.78 is 39.7. The number of allylic oxidation sites excluding steroid dienone is 3. The highest BCUT2D eigenvalue weighted by atomic mass is 35.5. The molecule has 0 aliphatic carbocycles. The maximum Gasteiger partial charge on any atom is 0.301 e. The van der Waals surface area contributed by atoms with Gasteiger partial charge in [0.05, 0.1) is 35.7 Å². The van der Waals surface area contributed by atoms with Gasteiger partial charge >= 0.3 is 10.2 Å². The predicted molar refractivity (Wildman–Crippen MR) is 162 cm³/mol. The maximum atomic E-state index is 13.2. The van der Waals surface area contributed by atoms with E-state index in [1.54, 1.807) is 49.2 Å². The van der Waals surface area contributed by atoms with Crippen molar-refractivity contribution in [3.8, 4) is 0 Å². The van der Waals surface area contributed by atoms with Crippen molar-refractivity contribution in [3.05, 3.63) is 69.9 Å². The van der Waals surface area contributed by atoms with E-state index in [0.717, 1.165) is 37.1 Å². The lowest BCUT2D eigenvalue weighted by molar-refractivity contribution is -0.130. The normalized spacial score (nSPS) is 15.6. The van der Waals surface area contributed by atoms with Gasteiger partial charge < -0.3 is 19.3 Å². The zero-order valence-electron chi connectivity index (χ0n) is 23.9. The lowest BCUT2D eigenvalue weighted by Gasteiger charge is -2.32. The Hall–Kier alpha value is -1.92. The van der Waals surface area contributed by atoms with Crippen molar-refractivity contribution >= 4 is 39.3 Å². The fourth-order valence-corrected chi connectivity index (χ4v) is 5.84. The molecule has 1 saturated heterocycles. The van der Waals surface area contributed by atoms with Crippen LogP contribution in [0.5, 0.6) is 0 Å². The first-order chi connectivity index (χ1) is 19.0. The van der Waals surface area contributed by atoms with Crippen molar-refractivity contribution in [2.24, 2.45) is 0 Å². The van der Waals surface area contributed by atoms with E-state index in [1.807, 2.05) is 6.08 Å². The molecule has 1 atom stereocenters. The Kier molecular flexibility index (Phi) is 14.7. The van der Waals surface area contributed by atoms with Crippen LogP contribution in [0.15, 0.2) is 54.3 Å². The minimum atomic E-state index is -3.79. The number of rotatable bonds is 17. The molecule has 0 saturated carbocycles. The van der Waals surface area contributed by atoms with Crippen LogP contribution in [0.4, 0.5) is 0 Å². The van der Waals surface area contributed by atoms with Crippen molar-refractivity contribution in [2.75, 3.05) is 67.2 Å². The summed E-state index contributed by atoms with van der Waals surface area (Å²) in [7, 11) is 1.03. The molecule has 0 spiro atoms. The molecule has 0 aromatic heterocycles. The number of likely N-dealkylation sites (tertiary alicyclic amines) is 1. The lowest BCUT2D eigenvalue weighted by Crippen LogP contribution is -2.45. The van der Waals surface area contributed by atoms with Crippen molar-refractivity contribution < 1.29 is 22.7 Å². The summed E-state index contributed by atoms with van der Waals surface area (Å²) >= 11 is 12.2. The van der Waals surface area contributed by atoms with Crippen LogP contribution in [0.3, 0.4) is 0 Å². The fourth-order valence-electron chi connectivity index (χ4n) is 4.29. The van der Waals surface area contributed by atoms with Crippen molar-refractivity contribution in [3.63, 3.8) is 0 Å². The standard InChI is InChI=1S/C28H42Cl2N4O5S/c1-22(9-8-10-23(2)31-40(36,37)34(15-17-38-4)16-18-39-5)27(21-33-13-6-7-14-33)32(3)28(35)20-24-11-12-25(29)26(30)19-24/h8-12,19,27,31H,1,6-7,13-18,20-21H2,2-5H3/b9-8-,23-10+/t27-/m1/s1. The van der Waals surface area contributed by atoms with Crippen molar-refractivity contribution in [2.45, 2.75) is 32.2 Å². The minimum Gasteiger partial charge on any atom is -0.383 e. The average molecular weight is 618 g/mol. The Labute approximate surface area is 249 Å². The summed E-state index contributed by atoms with van der Waals surface area (Å²) in [5.41, 5.74) is 1.96. The third-order valence-electron chi connectivity index (χ3n) is 6.63. The highest BCUT2D eigenvalue weighted by molar-refractivity contribution is 7.87. The van der Waals surface area contributed by atoms with Gasteiger partial charge in [-0.05, 0) is 62.2 Å². The Morgan fingerprint density at radius 1 is 1.15 bits per heavy atom. The van der Waals surface area contributed by atoms with Gasteiger partial charge in [0.1, 0.15) is 0 Å². The van der Waals surface area contributed by atoms with Crippen molar-refractivity contribution in [1.29, 1.82) is 0 Å². The molecule has 1 N–H and O–H groups in total. The number of amides is 1. The van der Waals surface area contributed by atoms with Gasteiger partial charge in [-0.3, -0.25) is 9.52 Å². The number of hydrogen-bond acceptors (Lipinski definition) is 6. The number of carbonyl (C=O) groups is 1. The zero-order valence-corrected chi connectivity index (χ0v) is 26.2. The molecule has 1 aromatic rings. The largest absolute Gasteiger partial charge is 0.383 e. The van der Waals surface area contributed by atoms with Gasteiger partial charge in [-0.2, -0.15) is 12.7 Å². The quantitative estimate of drug-likeness (QED) is 0.267. The number of halogens is 2. The van der Waals surface area contributed by atoms with Gasteiger partial charge in [0.2, 0.25) is 5.91 Å². The van der Waals surface area contributed by atoms with Gasteiger partial charge in [0.25, 0.3) is 0 Å². The van der Waals surface area contributed by atoms with Gasteiger partial charge in [-0.15, -0.1) is 0 Å². The van der Waals surface area contributed by atoms with E-state index in [4.69, 9.17) is 32.7 Å². The van der Waals surface area contributed by atoms with Crippen LogP contribution in [0.25, 0.3) is 0 Å². The molecular weight excluding hydrogens is 575 g/mol. The summed E-state index contributed by atoms with van der Waals surface area (Å²) in [5, 5.41) is 0.855. The molecule has 0 bridgehead atoms. The van der Waals surface area contributed by atoms with E-state index < -0.39 is 10.2 Å². The van der Waals surface area contributed by atoms with Crippen LogP contribution in [-0.2, 0) is 30.9 Å². The molecule has 40 heavy (non-hydrogen) atoms. The smallest absolute Gasteiger partial charge is 0.301 e. The Balaban J connectivity index is 2.12. The number of likely N-dealkylation sites (N-methyl/N-ethyl adjacent to an activating group) is 1. The second-order valence-corrected chi connectivity index (χ2v) is 12.2. The maximum absolute atomic E-state index is 13.2. The summed E-state index contributed by atoms with van der Waals surface area (Å²) in [6, 6.07) is 4.94. The monoisotopic (exact) mass is 616 g/mol. The second-order valence-electron chi connectivity index (χ2n) is 9.73. The third kappa shape index (κ3) is 11.2. The van der Waals surface area contributed by atoms with E-state index >= 15 is 0 Å². The van der Waals surface area contributed by atoms with Crippen LogP contribution in [0, 0.1) is 0 Å². The van der Waals surface area contributed by atoms with E-state index in [0.29, 0.717) is 22.3 Å². The van der Waals surface area contributed by atoms with Crippen LogP contribution in [0.2, 0.25) is 10.0 Å². The van der Waals surface area contributed by atoms with E-state index in [2.05, 4.69) is 16.2 Å². The predicted octanol–water partition coefficient (Wildman–Crippen LogP) is 3.90. The molecular formula is C28H42Cl2N4O5S. The average Bonchev–Trinajstić information content (AvgIpc) is 3.42. The van der Waals surface area contributed by atoms with Crippen LogP contribution in [0.1, 0.15) is 25.3 Å². The van der Waals surface area contributed by atoms with E-state index in [1.165, 1.54) is 18.5 Å². The van der Waals surface area contributed by atoms with E-state index in [9.17, 15) is 13.2 Å². The zero-order chi connectivity index (χ0) is 29.7. The second kappa shape index (κ2) is 17.1. The first kappa shape index (κ1) is 34.3. The number of nitrogens with one attached hydrogen (secondary N) is 1. The molecule has 1 heterocycles. The molecule has 1 aliphatic heterocycles. The third-order valence-corrected chi connectivity index (χ3v) is 9.00. The molecule has 9 nitrogen and oxygen atoms in total. The van der Waals surface area contributed by atoms with Crippen molar-refractivity contribution in [1.82, 2.24) is 18.8 Å². The molecule has 1 fully saturated rings. The Morgan fingerprint density at radius 3 is 2.35 bits per heavy atom. The summed E-state index contributed by atoms with van der Waals surface area (Å²) in [6.07, 6.45) is 7.66. The number of methoxy groups -OCH3 is 2. The van der Waals surface area contributed by atoms with Gasteiger partial charge in [0.15, 0.2) is 0 Å². The molecule has 1 aromatic carbocycles. The molecule has 12 heteroatoms. The Bertz CT molecular complexity index is 1150. The molecule has 224 valence electrons. The summed E-state index contributed by atoms with van der Waals surface area (Å²) in [6.45, 7) is 9.48. The number of nitrogens with zero attached hydrogens (tertiary/aromatic N) is 3. The van der Waals surface area contributed by atoms with Crippen LogP contribution in [-0.4, -0.2) is 102 Å². The highest BCUT2D eigenvalue weighted by Gasteiger charge is 2.26. The van der Waals surface area contributed by atoms with Gasteiger partial charge in [-0.1, -0.05) is 48.0 Å². The highest BCUT2D eigenvalue weighted by Crippen LogP contribution is 2.23. The number of carbonyl (C=O) groups excluding carboxylic acids is 1. The van der Waals surface area contributed by atoms with Crippen LogP contribution >= 0.6 is 23.2 Å². The molecule has 0 radical (unpaired) electrons. The lowest BCUT2D eigenvalue weighted by atomic mass is 10.0. The number of hydrogen-bond donors (Lipinski definition) is 1. The molecule has 0 unspecified atom stereocenters. The summed E-state index contributed by atoms with van der Waals surface area (Å²) in [5.74, 6) is -0.0659. The SMILES string of the molecule is C=C(/C=C\C=C(/C)NS(=O)(=O)N(CCOC)CCOC)[C@@H](CN1CCCC1)N(C)C(=O)Cc1ccc(Cl)c(Cl)c1. The molecule has 1 aliphatic rings. The fraction of sp³-hybridized carbons (Fsp3) is 0.536. The summed E-state index contributed by atoms with van der Waals surface area (Å²) in [4.78, 5) is 17.3. The number of benzene rings is 1. The molecule has 2 rings (SSSR count). The topological polar surface area (TPSA) is 91.4 Å². The minimum absolute atomic E-state index is 0.0659. The van der Waals surface area contributed by atoms with Crippen LogP contribution < -0.4 is 4.72 Å². The van der Waals surface area contributed by atoms with Gasteiger partial charge in [0, 0.05) is 46.6 Å². The van der Waals surface area contributed by atoms with Gasteiger partial charge in [-0.25, -0.2) is 0 Å². The Morgan fingerprint density at radius 2 is 1.77 bits per heavy atom. The number of ether oxygens (including phenoxy) is 2. The first-order valence-corrected chi connectivity index (χ1v) is 15.4. The first-order valence-electron chi connectivity index (χ1n) is 13.2. The molecule has 1 amide bonds. The van der Waals surface area contributed by atoms with E-state index in [-0.39, 0.29) is 44.7 Å².